The number of rotatable bonds is 11. The maximum absolute atomic E-state index is 12.1. The highest BCUT2D eigenvalue weighted by Gasteiger charge is 2.54. The molecule has 22 heteroatoms. The maximum atomic E-state index is 12.1. The number of carbonyl (C=O) groups excluding carboxylic acids is 2. The van der Waals surface area contributed by atoms with Crippen molar-refractivity contribution in [1.82, 2.24) is 10.6 Å². The summed E-state index contributed by atoms with van der Waals surface area (Å²) in [5, 5.41) is 119. The van der Waals surface area contributed by atoms with Crippen molar-refractivity contribution in [3.63, 3.8) is 0 Å². The summed E-state index contributed by atoms with van der Waals surface area (Å²) in [6.07, 6.45) is -29.4. The summed E-state index contributed by atoms with van der Waals surface area (Å²) in [4.78, 5) is 24.0. The Kier molecular flexibility index (Phi) is 14.2. The molecule has 0 aromatic carbocycles. The van der Waals surface area contributed by atoms with Gasteiger partial charge in [-0.3, -0.25) is 9.59 Å². The lowest BCUT2D eigenvalue weighted by molar-refractivity contribution is -0.354. The smallest absolute Gasteiger partial charge is 0.217 e. The molecule has 13 N–H and O–H groups in total. The van der Waals surface area contributed by atoms with Crippen molar-refractivity contribution in [2.75, 3.05) is 19.8 Å². The Labute approximate surface area is 285 Å². The number of ether oxygens (including phenoxy) is 7. The van der Waals surface area contributed by atoms with Crippen molar-refractivity contribution in [2.24, 2.45) is 0 Å². The van der Waals surface area contributed by atoms with E-state index < -0.39 is 154 Å². The third-order valence-electron chi connectivity index (χ3n) is 8.95. The van der Waals surface area contributed by atoms with Crippen LogP contribution in [0.5, 0.6) is 0 Å². The molecule has 50 heavy (non-hydrogen) atoms. The molecule has 290 valence electrons. The zero-order valence-electron chi connectivity index (χ0n) is 27.3. The molecule has 0 unspecified atom stereocenters. The largest absolute Gasteiger partial charge is 0.394 e. The van der Waals surface area contributed by atoms with E-state index in [2.05, 4.69) is 10.6 Å². The van der Waals surface area contributed by atoms with Crippen LogP contribution in [0.1, 0.15) is 20.8 Å². The van der Waals surface area contributed by atoms with Gasteiger partial charge in [-0.2, -0.15) is 0 Å². The fourth-order valence-corrected chi connectivity index (χ4v) is 6.19. The fraction of sp³-hybridized carbons (Fsp3) is 0.929. The molecule has 4 rings (SSSR count). The molecule has 0 aliphatic carbocycles. The van der Waals surface area contributed by atoms with Crippen molar-refractivity contribution in [1.29, 1.82) is 0 Å². The predicted molar refractivity (Wildman–Crippen MR) is 156 cm³/mol. The van der Waals surface area contributed by atoms with Crippen LogP contribution < -0.4 is 10.6 Å². The molecule has 4 fully saturated rings. The SMILES string of the molecule is CC(=O)N[C@@H]1[C@@H](O[C@@H]2O[C@H](CO)[C@H](O)[C@H](O)[C@H]2O)[C@@H](O)[C@@H](CO[C@@H]2O[C@H](CO)[C@@H](O[C@@H]3O[C@@H](C)[C@@H](O)[C@@H](O)[C@@H]3O)[C@H](O)[C@H]2NC(C)=O)O[C@@H]1O. The molecule has 0 radical (unpaired) electrons. The van der Waals surface area contributed by atoms with Gasteiger partial charge in [-0.25, -0.2) is 0 Å². The monoisotopic (exact) mass is 732 g/mol. The van der Waals surface area contributed by atoms with Crippen molar-refractivity contribution in [3.05, 3.63) is 0 Å². The van der Waals surface area contributed by atoms with Crippen molar-refractivity contribution >= 4 is 11.8 Å². The van der Waals surface area contributed by atoms with Crippen LogP contribution in [0.3, 0.4) is 0 Å². The van der Waals surface area contributed by atoms with Gasteiger partial charge in [-0.15, -0.1) is 0 Å². The minimum Gasteiger partial charge on any atom is -0.394 e. The van der Waals surface area contributed by atoms with Gasteiger partial charge in [0.2, 0.25) is 11.8 Å². The van der Waals surface area contributed by atoms with E-state index in [4.69, 9.17) is 33.2 Å². The van der Waals surface area contributed by atoms with Crippen LogP contribution >= 0.6 is 0 Å². The Balaban J connectivity index is 1.51. The molecular weight excluding hydrogens is 684 g/mol. The molecule has 0 bridgehead atoms. The molecule has 0 saturated carbocycles. The van der Waals surface area contributed by atoms with Crippen LogP contribution in [0, 0.1) is 0 Å². The van der Waals surface area contributed by atoms with E-state index >= 15 is 0 Å². The summed E-state index contributed by atoms with van der Waals surface area (Å²) in [6.45, 7) is 1.31. The Morgan fingerprint density at radius 3 is 1.66 bits per heavy atom. The summed E-state index contributed by atoms with van der Waals surface area (Å²) in [5.74, 6) is -1.37. The van der Waals surface area contributed by atoms with Crippen molar-refractivity contribution in [3.8, 4) is 0 Å². The van der Waals surface area contributed by atoms with Gasteiger partial charge in [0, 0.05) is 13.8 Å². The molecule has 20 atom stereocenters. The summed E-state index contributed by atoms with van der Waals surface area (Å²) in [5.41, 5.74) is 0. The van der Waals surface area contributed by atoms with E-state index in [0.717, 1.165) is 13.8 Å². The average molecular weight is 733 g/mol. The minimum atomic E-state index is -1.91. The Morgan fingerprint density at radius 1 is 0.560 bits per heavy atom. The normalized spacial score (nSPS) is 48.5. The highest BCUT2D eigenvalue weighted by atomic mass is 16.7. The number of hydrogen-bond acceptors (Lipinski definition) is 20. The molecule has 4 saturated heterocycles. The predicted octanol–water partition coefficient (Wildman–Crippen LogP) is -8.43. The second-order valence-electron chi connectivity index (χ2n) is 12.6. The number of nitrogens with one attached hydrogen (secondary N) is 2. The van der Waals surface area contributed by atoms with Gasteiger partial charge in [0.25, 0.3) is 0 Å². The van der Waals surface area contributed by atoms with Gasteiger partial charge < -0.3 is 100.0 Å². The average Bonchev–Trinajstić information content (AvgIpc) is 3.06. The summed E-state index contributed by atoms with van der Waals surface area (Å²) in [6, 6.07) is -2.95. The van der Waals surface area contributed by atoms with Crippen LogP contribution in [0.4, 0.5) is 0 Å². The van der Waals surface area contributed by atoms with Gasteiger partial charge in [0.1, 0.15) is 91.4 Å². The van der Waals surface area contributed by atoms with Gasteiger partial charge in [-0.1, -0.05) is 0 Å². The van der Waals surface area contributed by atoms with Crippen LogP contribution in [0.25, 0.3) is 0 Å². The van der Waals surface area contributed by atoms with E-state index in [-0.39, 0.29) is 0 Å². The zero-order valence-corrected chi connectivity index (χ0v) is 27.3. The van der Waals surface area contributed by atoms with Crippen LogP contribution in [0.15, 0.2) is 0 Å². The Hall–Kier alpha value is -1.78. The van der Waals surface area contributed by atoms with Gasteiger partial charge in [-0.05, 0) is 6.92 Å². The van der Waals surface area contributed by atoms with E-state index in [0.29, 0.717) is 0 Å². The van der Waals surface area contributed by atoms with Crippen LogP contribution in [-0.2, 0) is 42.7 Å². The fourth-order valence-electron chi connectivity index (χ4n) is 6.19. The molecule has 0 spiro atoms. The summed E-state index contributed by atoms with van der Waals surface area (Å²) >= 11 is 0. The molecule has 0 aromatic heterocycles. The van der Waals surface area contributed by atoms with Gasteiger partial charge in [0.15, 0.2) is 25.2 Å². The van der Waals surface area contributed by atoms with Gasteiger partial charge in [0.05, 0.1) is 25.9 Å². The lowest BCUT2D eigenvalue weighted by atomic mass is 9.94. The molecule has 4 heterocycles. The number of hydrogen-bond donors (Lipinski definition) is 13. The number of amides is 2. The summed E-state index contributed by atoms with van der Waals surface area (Å²) < 4.78 is 39.2. The standard InChI is InChI=1S/C28H48N2O20/c1-7-15(35)19(39)21(41)27(45-7)49-23-11(5-32)48-26(13(18(23)38)29-8(2)33)44-6-12-17(37)24(14(25(43)46-12)30-9(3)34)50-28-22(42)20(40)16(36)10(4-31)47-28/h7,10-28,31-32,35-43H,4-6H2,1-3H3,(H,29,33)(H,30,34)/t7-,10+,11+,12+,13+,14+,15+,16-,17-,18+,19+,20-,21-,22+,23+,24+,25-,26+,27-,28-/m0/s1. The van der Waals surface area contributed by atoms with Crippen molar-refractivity contribution in [2.45, 2.75) is 143 Å². The quantitative estimate of drug-likeness (QED) is 0.0938. The first-order valence-corrected chi connectivity index (χ1v) is 15.9. The Bertz CT molecular complexity index is 1120. The zero-order chi connectivity index (χ0) is 37.2. The summed E-state index contributed by atoms with van der Waals surface area (Å²) in [7, 11) is 0. The van der Waals surface area contributed by atoms with Crippen LogP contribution in [-0.4, -0.2) is 211 Å². The van der Waals surface area contributed by atoms with Crippen LogP contribution in [0.2, 0.25) is 0 Å². The first-order chi connectivity index (χ1) is 23.5. The highest BCUT2D eigenvalue weighted by Crippen LogP contribution is 2.32. The van der Waals surface area contributed by atoms with E-state index in [1.807, 2.05) is 0 Å². The first kappa shape index (κ1) is 41.0. The molecule has 4 aliphatic heterocycles. The molecule has 22 nitrogen and oxygen atoms in total. The molecular formula is C28H48N2O20. The second kappa shape index (κ2) is 17.4. The molecule has 4 aliphatic rings. The van der Waals surface area contributed by atoms with E-state index in [9.17, 15) is 65.8 Å². The van der Waals surface area contributed by atoms with E-state index in [1.165, 1.54) is 6.92 Å². The number of aliphatic hydroxyl groups is 11. The third-order valence-corrected chi connectivity index (χ3v) is 8.95. The second-order valence-corrected chi connectivity index (χ2v) is 12.6. The molecule has 0 aromatic rings. The van der Waals surface area contributed by atoms with Gasteiger partial charge >= 0.3 is 0 Å². The number of aliphatic hydroxyl groups excluding tert-OH is 11. The highest BCUT2D eigenvalue weighted by molar-refractivity contribution is 5.73. The van der Waals surface area contributed by atoms with Crippen molar-refractivity contribution < 1.29 is 98.9 Å². The van der Waals surface area contributed by atoms with E-state index in [1.54, 1.807) is 0 Å². The maximum Gasteiger partial charge on any atom is 0.217 e. The Morgan fingerprint density at radius 2 is 1.08 bits per heavy atom. The first-order valence-electron chi connectivity index (χ1n) is 15.9. The third kappa shape index (κ3) is 8.87. The lowest BCUT2D eigenvalue weighted by Crippen LogP contribution is -2.69. The topological polar surface area (TPSA) is 345 Å². The minimum absolute atomic E-state index is 0.677. The lowest BCUT2D eigenvalue weighted by Gasteiger charge is -2.48. The number of carbonyl (C=O) groups is 2. The molecule has 2 amide bonds.